The van der Waals surface area contributed by atoms with E-state index in [0.29, 0.717) is 36.1 Å². The van der Waals surface area contributed by atoms with Gasteiger partial charge in [0.1, 0.15) is 5.02 Å². The van der Waals surface area contributed by atoms with Gasteiger partial charge in [-0.3, -0.25) is 14.9 Å². The molecule has 0 radical (unpaired) electrons. The lowest BCUT2D eigenvalue weighted by Gasteiger charge is -2.32. The summed E-state index contributed by atoms with van der Waals surface area (Å²) in [6.07, 6.45) is 1.70. The second kappa shape index (κ2) is 5.42. The first-order valence-corrected chi connectivity index (χ1v) is 7.13. The number of Topliss-reactive ketones (excluding diaryl/α,β-unsaturated/α-hetero) is 1. The average Bonchev–Trinajstić information content (AvgIpc) is 2.46. The van der Waals surface area contributed by atoms with Crippen LogP contribution in [0.3, 0.4) is 0 Å². The maximum absolute atomic E-state index is 12.2. The number of nitrogens with zero attached hydrogens (tertiary/aromatic N) is 1. The first kappa shape index (κ1) is 14.5. The molecule has 22 heavy (non-hydrogen) atoms. The van der Waals surface area contributed by atoms with Crippen LogP contribution in [0, 0.1) is 10.1 Å². The van der Waals surface area contributed by atoms with Gasteiger partial charge in [-0.05, 0) is 24.5 Å². The Balaban J connectivity index is 2.10. The third kappa shape index (κ3) is 2.43. The van der Waals surface area contributed by atoms with Crippen molar-refractivity contribution >= 4 is 29.1 Å². The van der Waals surface area contributed by atoms with Crippen molar-refractivity contribution in [1.29, 1.82) is 0 Å². The number of rotatable bonds is 2. The zero-order valence-electron chi connectivity index (χ0n) is 11.4. The summed E-state index contributed by atoms with van der Waals surface area (Å²) in [5.41, 5.74) is 1.29. The molecule has 0 saturated heterocycles. The first-order valence-electron chi connectivity index (χ1n) is 6.75. The zero-order valence-corrected chi connectivity index (χ0v) is 12.1. The van der Waals surface area contributed by atoms with Crippen LogP contribution in [0.25, 0.3) is 0 Å². The highest BCUT2D eigenvalue weighted by atomic mass is 35.5. The van der Waals surface area contributed by atoms with Crippen LogP contribution in [0.4, 0.5) is 10.5 Å². The molecule has 8 heteroatoms. The lowest BCUT2D eigenvalue weighted by Crippen LogP contribution is -2.46. The van der Waals surface area contributed by atoms with Crippen LogP contribution in [0.15, 0.2) is 29.5 Å². The van der Waals surface area contributed by atoms with E-state index in [4.69, 9.17) is 11.6 Å². The molecule has 0 aromatic heterocycles. The van der Waals surface area contributed by atoms with E-state index in [2.05, 4.69) is 10.6 Å². The van der Waals surface area contributed by atoms with Crippen molar-refractivity contribution in [3.05, 3.63) is 50.2 Å². The van der Waals surface area contributed by atoms with Crippen LogP contribution < -0.4 is 10.6 Å². The van der Waals surface area contributed by atoms with Crippen LogP contribution in [0.1, 0.15) is 30.9 Å². The molecule has 1 atom stereocenters. The molecular weight excluding hydrogens is 310 g/mol. The van der Waals surface area contributed by atoms with Crippen molar-refractivity contribution in [2.75, 3.05) is 0 Å². The van der Waals surface area contributed by atoms with Crippen molar-refractivity contribution in [2.24, 2.45) is 0 Å². The Morgan fingerprint density at radius 2 is 2.05 bits per heavy atom. The van der Waals surface area contributed by atoms with Gasteiger partial charge in [0, 0.05) is 23.8 Å². The highest BCUT2D eigenvalue weighted by molar-refractivity contribution is 6.32. The molecule has 114 valence electrons. The fourth-order valence-electron chi connectivity index (χ4n) is 2.80. The molecule has 1 aliphatic carbocycles. The number of allylic oxidation sites excluding steroid dienone is 1. The van der Waals surface area contributed by atoms with Gasteiger partial charge >= 0.3 is 6.03 Å². The molecule has 0 fully saturated rings. The minimum Gasteiger partial charge on any atom is -0.327 e. The topological polar surface area (TPSA) is 101 Å². The van der Waals surface area contributed by atoms with Crippen molar-refractivity contribution in [1.82, 2.24) is 10.6 Å². The van der Waals surface area contributed by atoms with E-state index in [9.17, 15) is 19.7 Å². The largest absolute Gasteiger partial charge is 0.327 e. The number of halogens is 1. The standard InChI is InChI=1S/C14H12ClN3O4/c15-8-5-4-7(6-10(8)18(21)22)13-12-9(16-14(20)17-13)2-1-3-11(12)19/h4-6,13H,1-3H2,(H2,16,17,20). The number of ketones is 1. The Labute approximate surface area is 130 Å². The van der Waals surface area contributed by atoms with E-state index < -0.39 is 17.0 Å². The van der Waals surface area contributed by atoms with Gasteiger partial charge in [-0.2, -0.15) is 0 Å². The molecule has 1 aliphatic heterocycles. The number of amides is 2. The van der Waals surface area contributed by atoms with Crippen molar-refractivity contribution in [2.45, 2.75) is 25.3 Å². The maximum Gasteiger partial charge on any atom is 0.319 e. The van der Waals surface area contributed by atoms with Crippen LogP contribution in [-0.4, -0.2) is 16.7 Å². The van der Waals surface area contributed by atoms with Gasteiger partial charge in [0.2, 0.25) is 0 Å². The summed E-state index contributed by atoms with van der Waals surface area (Å²) in [6.45, 7) is 0. The Morgan fingerprint density at radius 3 is 2.77 bits per heavy atom. The molecule has 1 unspecified atom stereocenters. The average molecular weight is 322 g/mol. The molecule has 2 aliphatic rings. The molecule has 1 aromatic carbocycles. The van der Waals surface area contributed by atoms with Gasteiger partial charge < -0.3 is 10.6 Å². The Bertz CT molecular complexity index is 729. The molecule has 0 saturated carbocycles. The number of nitro benzene ring substituents is 1. The molecular formula is C14H12ClN3O4. The first-order chi connectivity index (χ1) is 10.5. The summed E-state index contributed by atoms with van der Waals surface area (Å²) in [6, 6.07) is 3.17. The molecule has 0 spiro atoms. The van der Waals surface area contributed by atoms with E-state index in [1.54, 1.807) is 6.07 Å². The van der Waals surface area contributed by atoms with Crippen LogP contribution in [0.5, 0.6) is 0 Å². The third-order valence-electron chi connectivity index (χ3n) is 3.78. The van der Waals surface area contributed by atoms with E-state index in [1.165, 1.54) is 12.1 Å². The number of carbonyl (C=O) groups excluding carboxylic acids is 2. The summed E-state index contributed by atoms with van der Waals surface area (Å²) >= 11 is 5.80. The Hall–Kier alpha value is -2.41. The summed E-state index contributed by atoms with van der Waals surface area (Å²) in [5.74, 6) is -0.0589. The number of hydrogen-bond donors (Lipinski definition) is 2. The van der Waals surface area contributed by atoms with Gasteiger partial charge in [-0.25, -0.2) is 4.79 Å². The molecule has 1 heterocycles. The van der Waals surface area contributed by atoms with E-state index in [0.717, 1.165) is 0 Å². The highest BCUT2D eigenvalue weighted by Gasteiger charge is 2.35. The van der Waals surface area contributed by atoms with E-state index in [-0.39, 0.29) is 16.5 Å². The molecule has 2 N–H and O–H groups in total. The Morgan fingerprint density at radius 1 is 1.27 bits per heavy atom. The van der Waals surface area contributed by atoms with Gasteiger partial charge in [-0.15, -0.1) is 0 Å². The fraction of sp³-hybridized carbons (Fsp3) is 0.286. The number of benzene rings is 1. The highest BCUT2D eigenvalue weighted by Crippen LogP contribution is 2.36. The minimum absolute atomic E-state index is 0.0122. The van der Waals surface area contributed by atoms with Crippen molar-refractivity contribution in [3.8, 4) is 0 Å². The molecule has 0 bridgehead atoms. The second-order valence-electron chi connectivity index (χ2n) is 5.17. The summed E-state index contributed by atoms with van der Waals surface area (Å²) in [5, 5.41) is 16.3. The minimum atomic E-state index is -0.687. The van der Waals surface area contributed by atoms with Crippen LogP contribution in [-0.2, 0) is 4.79 Å². The monoisotopic (exact) mass is 321 g/mol. The molecule has 2 amide bonds. The zero-order chi connectivity index (χ0) is 15.9. The number of carbonyl (C=O) groups is 2. The molecule has 1 aromatic rings. The summed E-state index contributed by atoms with van der Waals surface area (Å²) in [4.78, 5) is 34.4. The van der Waals surface area contributed by atoms with Gasteiger partial charge in [0.25, 0.3) is 5.69 Å². The maximum atomic E-state index is 12.2. The van der Waals surface area contributed by atoms with E-state index in [1.807, 2.05) is 0 Å². The fourth-order valence-corrected chi connectivity index (χ4v) is 2.99. The number of hydrogen-bond acceptors (Lipinski definition) is 4. The smallest absolute Gasteiger partial charge is 0.319 e. The van der Waals surface area contributed by atoms with Gasteiger partial charge in [-0.1, -0.05) is 17.7 Å². The van der Waals surface area contributed by atoms with Crippen LogP contribution in [0.2, 0.25) is 5.02 Å². The molecule has 7 nitrogen and oxygen atoms in total. The number of nitro groups is 1. The third-order valence-corrected chi connectivity index (χ3v) is 4.10. The van der Waals surface area contributed by atoms with Crippen molar-refractivity contribution in [3.63, 3.8) is 0 Å². The van der Waals surface area contributed by atoms with Crippen LogP contribution >= 0.6 is 11.6 Å². The normalized spacial score (nSPS) is 21.0. The van der Waals surface area contributed by atoms with Gasteiger partial charge in [0.05, 0.1) is 11.0 Å². The summed E-state index contributed by atoms with van der Waals surface area (Å²) < 4.78 is 0. The van der Waals surface area contributed by atoms with Crippen molar-refractivity contribution < 1.29 is 14.5 Å². The molecule has 3 rings (SSSR count). The lowest BCUT2D eigenvalue weighted by molar-refractivity contribution is -0.384. The van der Waals surface area contributed by atoms with E-state index >= 15 is 0 Å². The quantitative estimate of drug-likeness (QED) is 0.645. The number of nitrogens with one attached hydrogen (secondary N) is 2. The second-order valence-corrected chi connectivity index (χ2v) is 5.58. The predicted molar refractivity (Wildman–Crippen MR) is 78.4 cm³/mol. The number of urea groups is 1. The SMILES string of the molecule is O=C1NC2=C(C(=O)CCC2)C(c2ccc(Cl)c([N+](=O)[O-])c2)N1. The Kier molecular flexibility index (Phi) is 3.58. The lowest BCUT2D eigenvalue weighted by atomic mass is 9.85. The van der Waals surface area contributed by atoms with Gasteiger partial charge in [0.15, 0.2) is 5.78 Å². The summed E-state index contributed by atoms with van der Waals surface area (Å²) in [7, 11) is 0. The predicted octanol–water partition coefficient (Wildman–Crippen LogP) is 2.61.